The first kappa shape index (κ1) is 15.1. The number of rotatable bonds is 5. The molecule has 0 unspecified atom stereocenters. The number of pyridine rings is 1. The molecule has 2 N–H and O–H groups in total. The molecular formula is C11H14BNO6. The van der Waals surface area contributed by atoms with E-state index in [2.05, 4.69) is 4.98 Å². The Hall–Kier alpha value is -1.93. The maximum atomic E-state index is 11.6. The molecule has 7 nitrogen and oxygen atoms in total. The second-order valence-corrected chi connectivity index (χ2v) is 3.49. The van der Waals surface area contributed by atoms with Crippen LogP contribution in [0, 0.1) is 0 Å². The first-order valence-electron chi connectivity index (χ1n) is 5.72. The average Bonchev–Trinajstić information content (AvgIpc) is 2.38. The van der Waals surface area contributed by atoms with Gasteiger partial charge in [0.25, 0.3) is 0 Å². The standard InChI is InChI=1S/C11H14BNO6/c1-3-18-10(14)8-5-7(12(16)17)6-9(13-8)11(15)19-4-2/h5-6,16-17H,3-4H2,1-2H3. The molecule has 1 aromatic rings. The van der Waals surface area contributed by atoms with Crippen molar-refractivity contribution >= 4 is 24.5 Å². The van der Waals surface area contributed by atoms with Crippen molar-refractivity contribution < 1.29 is 29.1 Å². The van der Waals surface area contributed by atoms with Crippen molar-refractivity contribution in [2.75, 3.05) is 13.2 Å². The number of carbonyl (C=O) groups is 2. The molecule has 1 aromatic heterocycles. The molecule has 0 radical (unpaired) electrons. The van der Waals surface area contributed by atoms with Gasteiger partial charge in [0.15, 0.2) is 0 Å². The third-order valence-electron chi connectivity index (χ3n) is 2.11. The molecule has 1 heterocycles. The lowest BCUT2D eigenvalue weighted by atomic mass is 9.80. The minimum Gasteiger partial charge on any atom is -0.461 e. The molecule has 19 heavy (non-hydrogen) atoms. The van der Waals surface area contributed by atoms with Gasteiger partial charge in [-0.15, -0.1) is 0 Å². The highest BCUT2D eigenvalue weighted by Gasteiger charge is 2.21. The summed E-state index contributed by atoms with van der Waals surface area (Å²) in [7, 11) is -1.83. The van der Waals surface area contributed by atoms with Crippen LogP contribution < -0.4 is 5.46 Å². The number of ether oxygens (including phenoxy) is 2. The highest BCUT2D eigenvalue weighted by atomic mass is 16.5. The fraction of sp³-hybridized carbons (Fsp3) is 0.364. The first-order chi connectivity index (χ1) is 8.99. The van der Waals surface area contributed by atoms with Crippen LogP contribution in [-0.4, -0.2) is 47.3 Å². The predicted molar refractivity (Wildman–Crippen MR) is 66.0 cm³/mol. The van der Waals surface area contributed by atoms with Crippen molar-refractivity contribution in [1.82, 2.24) is 4.98 Å². The van der Waals surface area contributed by atoms with Gasteiger partial charge in [-0.05, 0) is 31.4 Å². The van der Waals surface area contributed by atoms with Gasteiger partial charge in [0.2, 0.25) is 0 Å². The second kappa shape index (κ2) is 6.86. The van der Waals surface area contributed by atoms with Crippen molar-refractivity contribution in [3.05, 3.63) is 23.5 Å². The van der Waals surface area contributed by atoms with Gasteiger partial charge in [0.05, 0.1) is 13.2 Å². The van der Waals surface area contributed by atoms with Crippen LogP contribution in [-0.2, 0) is 9.47 Å². The van der Waals surface area contributed by atoms with Crippen LogP contribution in [0.15, 0.2) is 12.1 Å². The topological polar surface area (TPSA) is 106 Å². The summed E-state index contributed by atoms with van der Waals surface area (Å²) in [5.74, 6) is -1.51. The quantitative estimate of drug-likeness (QED) is 0.526. The molecule has 0 bridgehead atoms. The van der Waals surface area contributed by atoms with E-state index in [-0.39, 0.29) is 30.1 Å². The predicted octanol–water partition coefficient (Wildman–Crippen LogP) is -0.885. The lowest BCUT2D eigenvalue weighted by Crippen LogP contribution is -2.32. The Morgan fingerprint density at radius 3 is 1.84 bits per heavy atom. The lowest BCUT2D eigenvalue weighted by molar-refractivity contribution is 0.0512. The maximum absolute atomic E-state index is 11.6. The van der Waals surface area contributed by atoms with E-state index < -0.39 is 19.1 Å². The van der Waals surface area contributed by atoms with Crippen molar-refractivity contribution in [3.8, 4) is 0 Å². The fourth-order valence-electron chi connectivity index (χ4n) is 1.32. The summed E-state index contributed by atoms with van der Waals surface area (Å²) in [6, 6.07) is 2.29. The van der Waals surface area contributed by atoms with Crippen molar-refractivity contribution in [2.45, 2.75) is 13.8 Å². The summed E-state index contributed by atoms with van der Waals surface area (Å²) in [5.41, 5.74) is -0.410. The Balaban J connectivity index is 3.17. The van der Waals surface area contributed by atoms with E-state index >= 15 is 0 Å². The Bertz CT molecular complexity index is 440. The van der Waals surface area contributed by atoms with Crippen LogP contribution in [0.25, 0.3) is 0 Å². The summed E-state index contributed by atoms with van der Waals surface area (Å²) in [6.07, 6.45) is 0. The molecule has 0 saturated heterocycles. The van der Waals surface area contributed by atoms with Crippen LogP contribution in [0.5, 0.6) is 0 Å². The van der Waals surface area contributed by atoms with E-state index in [4.69, 9.17) is 19.5 Å². The third-order valence-corrected chi connectivity index (χ3v) is 2.11. The van der Waals surface area contributed by atoms with Gasteiger partial charge < -0.3 is 19.5 Å². The first-order valence-corrected chi connectivity index (χ1v) is 5.72. The summed E-state index contributed by atoms with van der Waals surface area (Å²) in [5, 5.41) is 18.2. The minimum atomic E-state index is -1.83. The van der Waals surface area contributed by atoms with Crippen LogP contribution >= 0.6 is 0 Å². The summed E-state index contributed by atoms with van der Waals surface area (Å²) < 4.78 is 9.48. The maximum Gasteiger partial charge on any atom is 0.488 e. The number of hydrogen-bond donors (Lipinski definition) is 2. The molecule has 0 aromatic carbocycles. The molecule has 0 aliphatic carbocycles. The largest absolute Gasteiger partial charge is 0.488 e. The molecule has 0 amide bonds. The third kappa shape index (κ3) is 4.04. The molecule has 0 spiro atoms. The van der Waals surface area contributed by atoms with E-state index in [1.54, 1.807) is 13.8 Å². The van der Waals surface area contributed by atoms with Gasteiger partial charge in [0.1, 0.15) is 11.4 Å². The Morgan fingerprint density at radius 2 is 1.53 bits per heavy atom. The van der Waals surface area contributed by atoms with Gasteiger partial charge in [-0.2, -0.15) is 0 Å². The van der Waals surface area contributed by atoms with E-state index in [0.717, 1.165) is 12.1 Å². The van der Waals surface area contributed by atoms with Gasteiger partial charge in [0, 0.05) is 0 Å². The highest BCUT2D eigenvalue weighted by molar-refractivity contribution is 6.58. The van der Waals surface area contributed by atoms with Crippen LogP contribution in [0.1, 0.15) is 34.8 Å². The molecule has 0 aliphatic heterocycles. The summed E-state index contributed by atoms with van der Waals surface area (Å²) in [6.45, 7) is 3.52. The molecule has 102 valence electrons. The van der Waals surface area contributed by atoms with Gasteiger partial charge in [-0.3, -0.25) is 0 Å². The Kier molecular flexibility index (Phi) is 5.46. The average molecular weight is 267 g/mol. The molecule has 0 fully saturated rings. The van der Waals surface area contributed by atoms with Gasteiger partial charge >= 0.3 is 19.1 Å². The van der Waals surface area contributed by atoms with Crippen molar-refractivity contribution in [2.24, 2.45) is 0 Å². The van der Waals surface area contributed by atoms with E-state index in [1.165, 1.54) is 0 Å². The minimum absolute atomic E-state index is 0.0406. The number of carbonyl (C=O) groups excluding carboxylic acids is 2. The number of hydrogen-bond acceptors (Lipinski definition) is 7. The molecule has 8 heteroatoms. The molecular weight excluding hydrogens is 253 g/mol. The van der Waals surface area contributed by atoms with Crippen molar-refractivity contribution in [1.29, 1.82) is 0 Å². The Labute approximate surface area is 110 Å². The number of aromatic nitrogens is 1. The van der Waals surface area contributed by atoms with Crippen LogP contribution in [0.3, 0.4) is 0 Å². The smallest absolute Gasteiger partial charge is 0.461 e. The number of nitrogens with zero attached hydrogens (tertiary/aromatic N) is 1. The zero-order chi connectivity index (χ0) is 14.4. The molecule has 0 aliphatic rings. The molecule has 0 saturated carbocycles. The van der Waals surface area contributed by atoms with Crippen LogP contribution in [0.2, 0.25) is 0 Å². The SMILES string of the molecule is CCOC(=O)c1cc(B(O)O)cc(C(=O)OCC)n1. The zero-order valence-corrected chi connectivity index (χ0v) is 10.6. The number of esters is 2. The summed E-state index contributed by atoms with van der Waals surface area (Å²) >= 11 is 0. The van der Waals surface area contributed by atoms with Crippen LogP contribution in [0.4, 0.5) is 0 Å². The fourth-order valence-corrected chi connectivity index (χ4v) is 1.32. The summed E-state index contributed by atoms with van der Waals surface area (Å²) in [4.78, 5) is 26.9. The molecule has 0 atom stereocenters. The lowest BCUT2D eigenvalue weighted by Gasteiger charge is -2.07. The van der Waals surface area contributed by atoms with Gasteiger partial charge in [-0.1, -0.05) is 0 Å². The van der Waals surface area contributed by atoms with E-state index in [9.17, 15) is 9.59 Å². The highest BCUT2D eigenvalue weighted by Crippen LogP contribution is 2.03. The Morgan fingerprint density at radius 1 is 1.11 bits per heavy atom. The van der Waals surface area contributed by atoms with Crippen molar-refractivity contribution in [3.63, 3.8) is 0 Å². The zero-order valence-electron chi connectivity index (χ0n) is 10.6. The second-order valence-electron chi connectivity index (χ2n) is 3.49. The van der Waals surface area contributed by atoms with Gasteiger partial charge in [-0.25, -0.2) is 14.6 Å². The van der Waals surface area contributed by atoms with E-state index in [1.807, 2.05) is 0 Å². The normalized spacial score (nSPS) is 9.89. The molecule has 1 rings (SSSR count). The van der Waals surface area contributed by atoms with E-state index in [0.29, 0.717) is 0 Å². The monoisotopic (exact) mass is 267 g/mol.